The van der Waals surface area contributed by atoms with Crippen molar-refractivity contribution < 1.29 is 0 Å². The molecule has 5 heterocycles. The summed E-state index contributed by atoms with van der Waals surface area (Å²) in [7, 11) is 0. The molecular formula is C58H33N5O2. The van der Waals surface area contributed by atoms with E-state index in [0.29, 0.717) is 10.8 Å². The number of pyridine rings is 2. The number of benzene rings is 10. The highest BCUT2D eigenvalue weighted by Crippen LogP contribution is 2.45. The van der Waals surface area contributed by atoms with Crippen LogP contribution in [0, 0.1) is 0 Å². The van der Waals surface area contributed by atoms with E-state index in [2.05, 4.69) is 158 Å². The van der Waals surface area contributed by atoms with Crippen LogP contribution in [-0.2, 0) is 0 Å². The van der Waals surface area contributed by atoms with Gasteiger partial charge >= 0.3 is 0 Å². The van der Waals surface area contributed by atoms with Crippen LogP contribution < -0.4 is 11.1 Å². The molecule has 0 aliphatic heterocycles. The number of H-pyrrole nitrogens is 4. The lowest BCUT2D eigenvalue weighted by molar-refractivity contribution is 1.19. The molecule has 0 saturated carbocycles. The van der Waals surface area contributed by atoms with Crippen LogP contribution in [0.2, 0.25) is 0 Å². The zero-order valence-electron chi connectivity index (χ0n) is 34.5. The van der Waals surface area contributed by atoms with Crippen molar-refractivity contribution in [3.05, 3.63) is 197 Å². The highest BCUT2D eigenvalue weighted by Gasteiger charge is 2.21. The summed E-state index contributed by atoms with van der Waals surface area (Å²) in [6, 6.07) is 61.5. The standard InChI is InChI=1S/C58H33N5O2/c64-57-41-14-3-1-10-33(41)39-23-24-43-50-37-17-9-16-32(34(37)25-27-47(50)60-55(43)54(39)61-57)30-20-22-40-44(28-30)51-38-13-2-4-15-42(38)58(65)62-56(51)52-45-29-31(21-26-46(45)59-53(40)52)63-48-18-7-5-11-35(48)36-12-6-8-19-49(36)63/h1-29,59-60H,(H,61,64)(H,62,65). The maximum absolute atomic E-state index is 14.0. The lowest BCUT2D eigenvalue weighted by atomic mass is 9.91. The second-order valence-corrected chi connectivity index (χ2v) is 17.4. The van der Waals surface area contributed by atoms with Crippen LogP contribution in [-0.4, -0.2) is 24.5 Å². The number of para-hydroxylation sites is 2. The quantitative estimate of drug-likeness (QED) is 0.130. The number of nitrogens with zero attached hydrogens (tertiary/aromatic N) is 1. The van der Waals surface area contributed by atoms with Gasteiger partial charge in [-0.25, -0.2) is 0 Å². The number of fused-ring (bicyclic) bond motifs is 22. The fraction of sp³-hybridized carbons (Fsp3) is 0. The Morgan fingerprint density at radius 2 is 0.862 bits per heavy atom. The second kappa shape index (κ2) is 12.4. The van der Waals surface area contributed by atoms with Crippen molar-refractivity contribution in [2.75, 3.05) is 0 Å². The molecule has 15 rings (SSSR count). The van der Waals surface area contributed by atoms with Crippen molar-refractivity contribution in [1.82, 2.24) is 24.5 Å². The maximum Gasteiger partial charge on any atom is 0.256 e. The van der Waals surface area contributed by atoms with Gasteiger partial charge in [0.15, 0.2) is 0 Å². The summed E-state index contributed by atoms with van der Waals surface area (Å²) >= 11 is 0. The van der Waals surface area contributed by atoms with Gasteiger partial charge in [-0.15, -0.1) is 0 Å². The van der Waals surface area contributed by atoms with Crippen LogP contribution in [0.4, 0.5) is 0 Å². The van der Waals surface area contributed by atoms with E-state index in [1.165, 1.54) is 10.8 Å². The number of aromatic amines is 4. The summed E-state index contributed by atoms with van der Waals surface area (Å²) in [6.45, 7) is 0. The van der Waals surface area contributed by atoms with Gasteiger partial charge in [-0.1, -0.05) is 121 Å². The van der Waals surface area contributed by atoms with Crippen molar-refractivity contribution in [3.8, 4) is 16.8 Å². The minimum Gasteiger partial charge on any atom is -0.354 e. The first-order valence-corrected chi connectivity index (χ1v) is 21.9. The Labute approximate surface area is 366 Å². The Kier molecular flexibility index (Phi) is 6.59. The van der Waals surface area contributed by atoms with Crippen molar-refractivity contribution in [2.24, 2.45) is 0 Å². The molecule has 0 aliphatic carbocycles. The highest BCUT2D eigenvalue weighted by molar-refractivity contribution is 6.35. The average Bonchev–Trinajstić information content (AvgIpc) is 4.04. The van der Waals surface area contributed by atoms with Crippen LogP contribution >= 0.6 is 0 Å². The molecule has 0 unspecified atom stereocenters. The number of nitrogens with one attached hydrogen (secondary N) is 4. The molecule has 302 valence electrons. The van der Waals surface area contributed by atoms with Gasteiger partial charge in [-0.05, 0) is 92.7 Å². The van der Waals surface area contributed by atoms with E-state index in [0.717, 1.165) is 126 Å². The summed E-state index contributed by atoms with van der Waals surface area (Å²) in [5.41, 5.74) is 10.8. The van der Waals surface area contributed by atoms with Crippen molar-refractivity contribution in [3.63, 3.8) is 0 Å². The molecule has 0 radical (unpaired) electrons. The molecule has 0 saturated heterocycles. The molecule has 0 aliphatic rings. The van der Waals surface area contributed by atoms with Crippen molar-refractivity contribution in [2.45, 2.75) is 0 Å². The second-order valence-electron chi connectivity index (χ2n) is 17.4. The van der Waals surface area contributed by atoms with Crippen molar-refractivity contribution in [1.29, 1.82) is 0 Å². The summed E-state index contributed by atoms with van der Waals surface area (Å²) in [6.07, 6.45) is 0. The predicted octanol–water partition coefficient (Wildman–Crippen LogP) is 14.0. The SMILES string of the molecule is O=c1[nH]c2c(ccc3c2[nH]c2ccc4c(-c5ccc6c(c5)c5c7ccccc7c(=O)[nH]c5c5c7cc(-n8c9ccccc9c9ccccc98)ccc7[nH]c65)cccc4c23)c2ccccc12. The zero-order chi connectivity index (χ0) is 42.7. The van der Waals surface area contributed by atoms with Gasteiger partial charge in [-0.3, -0.25) is 9.59 Å². The zero-order valence-corrected chi connectivity index (χ0v) is 34.5. The van der Waals surface area contributed by atoms with E-state index in [1.807, 2.05) is 42.5 Å². The predicted molar refractivity (Wildman–Crippen MR) is 271 cm³/mol. The molecule has 0 amide bonds. The van der Waals surface area contributed by atoms with Gasteiger partial charge in [0.1, 0.15) is 0 Å². The third-order valence-corrected chi connectivity index (χ3v) is 14.2. The molecule has 5 aromatic heterocycles. The van der Waals surface area contributed by atoms with Gasteiger partial charge in [-0.2, -0.15) is 0 Å². The number of rotatable bonds is 2. The molecule has 7 nitrogen and oxygen atoms in total. The Hall–Kier alpha value is -8.94. The molecule has 0 atom stereocenters. The first-order valence-electron chi connectivity index (χ1n) is 21.9. The molecule has 15 aromatic rings. The third kappa shape index (κ3) is 4.53. The van der Waals surface area contributed by atoms with Crippen LogP contribution in [0.1, 0.15) is 0 Å². The van der Waals surface area contributed by atoms with E-state index in [1.54, 1.807) is 0 Å². The smallest absolute Gasteiger partial charge is 0.256 e. The van der Waals surface area contributed by atoms with Gasteiger partial charge in [0.2, 0.25) is 0 Å². The van der Waals surface area contributed by atoms with E-state index in [4.69, 9.17) is 0 Å². The number of hydrogen-bond acceptors (Lipinski definition) is 2. The van der Waals surface area contributed by atoms with Gasteiger partial charge in [0.05, 0.1) is 33.1 Å². The minimum absolute atomic E-state index is 0.0963. The third-order valence-electron chi connectivity index (χ3n) is 14.2. The van der Waals surface area contributed by atoms with Crippen LogP contribution in [0.15, 0.2) is 186 Å². The molecule has 0 bridgehead atoms. The van der Waals surface area contributed by atoms with E-state index < -0.39 is 0 Å². The Morgan fingerprint density at radius 3 is 1.65 bits per heavy atom. The van der Waals surface area contributed by atoms with Crippen molar-refractivity contribution >= 4 is 130 Å². The first-order chi connectivity index (χ1) is 32.1. The molecule has 4 N–H and O–H groups in total. The molecule has 0 spiro atoms. The number of aromatic nitrogens is 5. The first kappa shape index (κ1) is 34.6. The summed E-state index contributed by atoms with van der Waals surface area (Å²) < 4.78 is 2.34. The molecule has 10 aromatic carbocycles. The topological polar surface area (TPSA) is 102 Å². The largest absolute Gasteiger partial charge is 0.354 e. The Balaban J connectivity index is 0.994. The van der Waals surface area contributed by atoms with E-state index in [-0.39, 0.29) is 11.1 Å². The molecule has 7 heteroatoms. The monoisotopic (exact) mass is 831 g/mol. The molecular weight excluding hydrogens is 799 g/mol. The Morgan fingerprint density at radius 1 is 0.308 bits per heavy atom. The van der Waals surface area contributed by atoms with Gasteiger partial charge in [0, 0.05) is 76.0 Å². The molecule has 0 fully saturated rings. The summed E-state index contributed by atoms with van der Waals surface area (Å²) in [4.78, 5) is 41.4. The maximum atomic E-state index is 14.0. The normalized spacial score (nSPS) is 12.4. The minimum atomic E-state index is -0.111. The van der Waals surface area contributed by atoms with Crippen LogP contribution in [0.25, 0.3) is 147 Å². The highest BCUT2D eigenvalue weighted by atomic mass is 16.1. The van der Waals surface area contributed by atoms with Crippen LogP contribution in [0.5, 0.6) is 0 Å². The summed E-state index contributed by atoms with van der Waals surface area (Å²) in [5.74, 6) is 0. The van der Waals surface area contributed by atoms with Gasteiger partial charge in [0.25, 0.3) is 11.1 Å². The van der Waals surface area contributed by atoms with Crippen LogP contribution in [0.3, 0.4) is 0 Å². The summed E-state index contributed by atoms with van der Waals surface area (Å²) in [5, 5.41) is 16.2. The van der Waals surface area contributed by atoms with E-state index >= 15 is 0 Å². The fourth-order valence-electron chi connectivity index (χ4n) is 11.4. The molecule has 65 heavy (non-hydrogen) atoms. The average molecular weight is 832 g/mol. The fourth-order valence-corrected chi connectivity index (χ4v) is 11.4. The Bertz CT molecular complexity index is 4720. The van der Waals surface area contributed by atoms with Gasteiger partial charge < -0.3 is 24.5 Å². The lowest BCUT2D eigenvalue weighted by Crippen LogP contribution is -2.06. The lowest BCUT2D eigenvalue weighted by Gasteiger charge is -2.14. The number of hydrogen-bond donors (Lipinski definition) is 4. The van der Waals surface area contributed by atoms with E-state index in [9.17, 15) is 9.59 Å².